The monoisotopic (exact) mass is 234 g/mol. The molecule has 1 aliphatic rings. The Kier molecular flexibility index (Phi) is 2.78. The van der Waals surface area contributed by atoms with E-state index in [1.54, 1.807) is 0 Å². The van der Waals surface area contributed by atoms with Gasteiger partial charge in [-0.3, -0.25) is 14.8 Å². The largest absolute Gasteiger partial charge is 0.463 e. The lowest BCUT2D eigenvalue weighted by Gasteiger charge is -2.09. The summed E-state index contributed by atoms with van der Waals surface area (Å²) < 4.78 is 4.47. The number of carbonyl (C=O) groups excluding carboxylic acids is 2. The highest BCUT2D eigenvalue weighted by molar-refractivity contribution is 5.95. The van der Waals surface area contributed by atoms with Crippen LogP contribution in [0.5, 0.6) is 0 Å². The lowest BCUT2D eigenvalue weighted by atomic mass is 10.1. The summed E-state index contributed by atoms with van der Waals surface area (Å²) in [6.45, 7) is 0.369. The highest BCUT2D eigenvalue weighted by atomic mass is 16.5. The molecular weight excluding hydrogens is 224 g/mol. The molecule has 0 bridgehead atoms. The van der Waals surface area contributed by atoms with Crippen LogP contribution in [0, 0.1) is 18.3 Å². The molecule has 1 aromatic rings. The molecule has 1 amide bonds. The van der Waals surface area contributed by atoms with Crippen LogP contribution in [-0.2, 0) is 9.53 Å². The van der Waals surface area contributed by atoms with Crippen LogP contribution in [-0.4, -0.2) is 40.7 Å². The maximum absolute atomic E-state index is 11.6. The van der Waals surface area contributed by atoms with E-state index in [1.807, 2.05) is 0 Å². The Labute approximate surface area is 97.2 Å². The van der Waals surface area contributed by atoms with E-state index >= 15 is 0 Å². The molecule has 1 atom stereocenters. The Morgan fingerprint density at radius 3 is 3.06 bits per heavy atom. The smallest absolute Gasteiger partial charge is 0.375 e. The number of aromatic amines is 1. The summed E-state index contributed by atoms with van der Waals surface area (Å²) in [7, 11) is 1.24. The summed E-state index contributed by atoms with van der Waals surface area (Å²) in [5.41, 5.74) is 0. The summed E-state index contributed by atoms with van der Waals surface area (Å²) in [5.74, 6) is 1.70. The minimum absolute atomic E-state index is 0.0422. The van der Waals surface area contributed by atoms with Gasteiger partial charge in [-0.1, -0.05) is 0 Å². The van der Waals surface area contributed by atoms with Crippen LogP contribution in [0.4, 0.5) is 5.95 Å². The molecule has 1 fully saturated rings. The molecule has 17 heavy (non-hydrogen) atoms. The third kappa shape index (κ3) is 1.97. The molecule has 0 aromatic carbocycles. The number of nitrogens with one attached hydrogen (secondary N) is 1. The zero-order valence-electron chi connectivity index (χ0n) is 9.14. The summed E-state index contributed by atoms with van der Waals surface area (Å²) in [4.78, 5) is 28.0. The second-order valence-electron chi connectivity index (χ2n) is 3.55. The summed E-state index contributed by atoms with van der Waals surface area (Å²) in [5, 5.41) is 6.19. The van der Waals surface area contributed by atoms with Gasteiger partial charge in [0, 0.05) is 18.9 Å². The number of nitrogens with zero attached hydrogens (tertiary/aromatic N) is 3. The summed E-state index contributed by atoms with van der Waals surface area (Å²) in [6, 6.07) is 0. The number of rotatable bonds is 2. The normalized spacial score (nSPS) is 19.2. The molecule has 1 saturated heterocycles. The minimum Gasteiger partial charge on any atom is -0.463 e. The number of methoxy groups -OCH3 is 1. The first kappa shape index (κ1) is 11.1. The number of ether oxygens (including phenoxy) is 1. The van der Waals surface area contributed by atoms with E-state index in [1.165, 1.54) is 12.0 Å². The van der Waals surface area contributed by atoms with E-state index in [0.717, 1.165) is 0 Å². The Hall–Kier alpha value is -2.36. The second kappa shape index (κ2) is 4.25. The minimum atomic E-state index is -0.635. The third-order valence-corrected chi connectivity index (χ3v) is 2.45. The maximum Gasteiger partial charge on any atom is 0.375 e. The van der Waals surface area contributed by atoms with Gasteiger partial charge < -0.3 is 4.74 Å². The van der Waals surface area contributed by atoms with Gasteiger partial charge in [0.25, 0.3) is 5.95 Å². The molecule has 0 saturated carbocycles. The van der Waals surface area contributed by atoms with Crippen molar-refractivity contribution in [2.45, 2.75) is 6.42 Å². The van der Waals surface area contributed by atoms with Crippen molar-refractivity contribution < 1.29 is 14.3 Å². The fourth-order valence-corrected chi connectivity index (χ4v) is 1.57. The second-order valence-corrected chi connectivity index (χ2v) is 3.55. The number of carbonyl (C=O) groups is 2. The summed E-state index contributed by atoms with van der Waals surface area (Å²) in [6.07, 6.45) is 5.54. The fraction of sp³-hybridized carbons (Fsp3) is 0.400. The van der Waals surface area contributed by atoms with Crippen molar-refractivity contribution in [3.63, 3.8) is 0 Å². The Bertz CT molecular complexity index is 502. The van der Waals surface area contributed by atoms with Gasteiger partial charge in [0.05, 0.1) is 7.11 Å². The molecule has 7 nitrogen and oxygen atoms in total. The molecule has 1 N–H and O–H groups in total. The third-order valence-electron chi connectivity index (χ3n) is 2.45. The van der Waals surface area contributed by atoms with E-state index in [2.05, 4.69) is 25.8 Å². The van der Waals surface area contributed by atoms with Crippen LogP contribution < -0.4 is 4.90 Å². The molecule has 88 valence electrons. The number of H-pyrrole nitrogens is 1. The topological polar surface area (TPSA) is 88.2 Å². The number of amides is 1. The Morgan fingerprint density at radius 1 is 1.71 bits per heavy atom. The van der Waals surface area contributed by atoms with Gasteiger partial charge in [0.2, 0.25) is 11.7 Å². The van der Waals surface area contributed by atoms with Crippen molar-refractivity contribution in [1.29, 1.82) is 0 Å². The van der Waals surface area contributed by atoms with Crippen LogP contribution in [0.2, 0.25) is 0 Å². The fourth-order valence-electron chi connectivity index (χ4n) is 1.57. The van der Waals surface area contributed by atoms with Crippen molar-refractivity contribution in [3.8, 4) is 12.3 Å². The number of terminal acetylenes is 1. The van der Waals surface area contributed by atoms with Gasteiger partial charge in [0.1, 0.15) is 0 Å². The van der Waals surface area contributed by atoms with Gasteiger partial charge in [-0.15, -0.1) is 17.4 Å². The van der Waals surface area contributed by atoms with E-state index < -0.39 is 5.97 Å². The molecular formula is C10H10N4O3. The molecule has 1 unspecified atom stereocenters. The number of aromatic nitrogens is 3. The Morgan fingerprint density at radius 2 is 2.47 bits per heavy atom. The predicted octanol–water partition coefficient (Wildman–Crippen LogP) is -0.423. The van der Waals surface area contributed by atoms with Gasteiger partial charge in [0.15, 0.2) is 0 Å². The molecule has 7 heteroatoms. The van der Waals surface area contributed by atoms with Crippen molar-refractivity contribution in [3.05, 3.63) is 5.82 Å². The predicted molar refractivity (Wildman–Crippen MR) is 57.0 cm³/mol. The first-order valence-corrected chi connectivity index (χ1v) is 4.93. The molecule has 2 rings (SSSR count). The summed E-state index contributed by atoms with van der Waals surface area (Å²) >= 11 is 0. The molecule has 0 radical (unpaired) electrons. The van der Waals surface area contributed by atoms with E-state index in [9.17, 15) is 9.59 Å². The first-order valence-electron chi connectivity index (χ1n) is 4.93. The Balaban J connectivity index is 2.19. The van der Waals surface area contributed by atoms with Gasteiger partial charge in [-0.05, 0) is 0 Å². The lowest BCUT2D eigenvalue weighted by molar-refractivity contribution is -0.117. The average molecular weight is 234 g/mol. The highest BCUT2D eigenvalue weighted by Crippen LogP contribution is 2.21. The lowest BCUT2D eigenvalue weighted by Crippen LogP contribution is -2.25. The maximum atomic E-state index is 11.6. The van der Waals surface area contributed by atoms with Crippen LogP contribution in [0.3, 0.4) is 0 Å². The standard InChI is InChI=1S/C10H10N4O3/c1-3-6-4-7(15)14(5-6)10-11-8(12-13-10)9(16)17-2/h1,6H,4-5H2,2H3,(H,11,12,13). The van der Waals surface area contributed by atoms with Gasteiger partial charge >= 0.3 is 5.97 Å². The number of anilines is 1. The zero-order chi connectivity index (χ0) is 12.4. The van der Waals surface area contributed by atoms with E-state index in [-0.39, 0.29) is 30.0 Å². The molecule has 1 aromatic heterocycles. The van der Waals surface area contributed by atoms with Crippen molar-refractivity contribution in [1.82, 2.24) is 15.2 Å². The van der Waals surface area contributed by atoms with Crippen LogP contribution >= 0.6 is 0 Å². The van der Waals surface area contributed by atoms with E-state index in [4.69, 9.17) is 6.42 Å². The number of esters is 1. The van der Waals surface area contributed by atoms with Crippen molar-refractivity contribution in [2.24, 2.45) is 5.92 Å². The highest BCUT2D eigenvalue weighted by Gasteiger charge is 2.32. The molecule has 2 heterocycles. The van der Waals surface area contributed by atoms with Crippen molar-refractivity contribution in [2.75, 3.05) is 18.6 Å². The van der Waals surface area contributed by atoms with E-state index in [0.29, 0.717) is 6.54 Å². The number of hydrogen-bond donors (Lipinski definition) is 1. The van der Waals surface area contributed by atoms with Crippen LogP contribution in [0.1, 0.15) is 17.0 Å². The number of hydrogen-bond acceptors (Lipinski definition) is 5. The van der Waals surface area contributed by atoms with Crippen LogP contribution in [0.25, 0.3) is 0 Å². The SMILES string of the molecule is C#CC1CC(=O)N(c2n[nH]c(C(=O)OC)n2)C1. The van der Waals surface area contributed by atoms with Crippen LogP contribution in [0.15, 0.2) is 0 Å². The molecule has 0 aliphatic carbocycles. The zero-order valence-corrected chi connectivity index (χ0v) is 9.14. The quantitative estimate of drug-likeness (QED) is 0.554. The van der Waals surface area contributed by atoms with Gasteiger partial charge in [-0.2, -0.15) is 4.98 Å². The average Bonchev–Trinajstić information content (AvgIpc) is 2.94. The van der Waals surface area contributed by atoms with Crippen molar-refractivity contribution >= 4 is 17.8 Å². The molecule has 1 aliphatic heterocycles. The first-order chi connectivity index (χ1) is 8.15. The molecule has 0 spiro atoms. The van der Waals surface area contributed by atoms with Gasteiger partial charge in [-0.25, -0.2) is 4.79 Å².